The molecule has 0 aliphatic heterocycles. The Hall–Kier alpha value is -2.21. The van der Waals surface area contributed by atoms with Crippen LogP contribution in [0.15, 0.2) is 30.6 Å². The van der Waals surface area contributed by atoms with Crippen LogP contribution in [0.5, 0.6) is 0 Å². The predicted molar refractivity (Wildman–Crippen MR) is 79.6 cm³/mol. The molecular weight excluding hydrogens is 293 g/mol. The van der Waals surface area contributed by atoms with Gasteiger partial charge >= 0.3 is 0 Å². The van der Waals surface area contributed by atoms with Gasteiger partial charge in [0.05, 0.1) is 0 Å². The molecule has 5 nitrogen and oxygen atoms in total. The maximum absolute atomic E-state index is 13.5. The molecule has 0 saturated heterocycles. The number of hydrogen-bond donors (Lipinski definition) is 0. The van der Waals surface area contributed by atoms with Gasteiger partial charge in [0.2, 0.25) is 0 Å². The van der Waals surface area contributed by atoms with Crippen LogP contribution >= 0.6 is 11.6 Å². The van der Waals surface area contributed by atoms with E-state index in [-0.39, 0.29) is 5.82 Å². The van der Waals surface area contributed by atoms with Crippen molar-refractivity contribution >= 4 is 28.9 Å². The van der Waals surface area contributed by atoms with Gasteiger partial charge in [0.15, 0.2) is 0 Å². The Morgan fingerprint density at radius 2 is 2.19 bits per heavy atom. The molecule has 0 spiro atoms. The first-order valence-corrected chi connectivity index (χ1v) is 6.88. The van der Waals surface area contributed by atoms with E-state index in [0.717, 1.165) is 17.1 Å². The summed E-state index contributed by atoms with van der Waals surface area (Å²) in [5, 5.41) is 4.55. The Kier molecular flexibility index (Phi) is 3.47. The molecule has 3 aromatic rings. The van der Waals surface area contributed by atoms with E-state index in [4.69, 9.17) is 11.6 Å². The fourth-order valence-electron chi connectivity index (χ4n) is 2.30. The summed E-state index contributed by atoms with van der Waals surface area (Å²) in [4.78, 5) is 10.2. The highest BCUT2D eigenvalue weighted by Gasteiger charge is 2.19. The second-order valence-electron chi connectivity index (χ2n) is 4.55. The number of hydrogen-bond acceptors (Lipinski definition) is 4. The summed E-state index contributed by atoms with van der Waals surface area (Å²) in [6.07, 6.45) is 1.42. The number of halogens is 2. The van der Waals surface area contributed by atoms with E-state index >= 15 is 0 Å². The van der Waals surface area contributed by atoms with E-state index < -0.39 is 0 Å². The van der Waals surface area contributed by atoms with Gasteiger partial charge in [0.25, 0.3) is 5.78 Å². The van der Waals surface area contributed by atoms with Crippen molar-refractivity contribution in [2.45, 2.75) is 13.8 Å². The number of fused-ring (bicyclic) bond motifs is 1. The minimum Gasteiger partial charge on any atom is -0.326 e. The number of anilines is 2. The Bertz CT molecular complexity index is 801. The fraction of sp³-hybridized carbons (Fsp3) is 0.214. The smallest absolute Gasteiger partial charge is 0.255 e. The van der Waals surface area contributed by atoms with Crippen LogP contribution in [0.2, 0.25) is 5.15 Å². The second-order valence-corrected chi connectivity index (χ2v) is 4.91. The molecular formula is C14H13ClFN5. The number of aromatic nitrogens is 4. The summed E-state index contributed by atoms with van der Waals surface area (Å²) in [6.45, 7) is 4.45. The lowest BCUT2D eigenvalue weighted by Gasteiger charge is -2.25. The summed E-state index contributed by atoms with van der Waals surface area (Å²) < 4.78 is 15.1. The zero-order chi connectivity index (χ0) is 15.0. The molecule has 0 N–H and O–H groups in total. The zero-order valence-corrected chi connectivity index (χ0v) is 12.3. The Balaban J connectivity index is 2.26. The topological polar surface area (TPSA) is 46.3 Å². The van der Waals surface area contributed by atoms with Gasteiger partial charge in [-0.05, 0) is 32.0 Å². The molecule has 2 heterocycles. The first kappa shape index (κ1) is 13.8. The molecule has 21 heavy (non-hydrogen) atoms. The third-order valence-electron chi connectivity index (χ3n) is 3.27. The molecule has 0 unspecified atom stereocenters. The van der Waals surface area contributed by atoms with E-state index in [1.54, 1.807) is 10.6 Å². The van der Waals surface area contributed by atoms with Crippen LogP contribution in [0.4, 0.5) is 15.9 Å². The van der Waals surface area contributed by atoms with Crippen molar-refractivity contribution in [3.63, 3.8) is 0 Å². The standard InChI is InChI=1S/C14H13ClFN5/c1-3-20(11-6-4-5-10(16)7-11)13-9(2)12(15)19-14-17-8-18-21(13)14/h4-8H,3H2,1-2H3. The molecule has 0 aliphatic carbocycles. The van der Waals surface area contributed by atoms with Crippen LogP contribution in [0.3, 0.4) is 0 Å². The fourth-order valence-corrected chi connectivity index (χ4v) is 2.46. The van der Waals surface area contributed by atoms with Crippen molar-refractivity contribution in [3.05, 3.63) is 47.1 Å². The molecule has 0 amide bonds. The van der Waals surface area contributed by atoms with Crippen molar-refractivity contribution < 1.29 is 4.39 Å². The van der Waals surface area contributed by atoms with Gasteiger partial charge in [-0.25, -0.2) is 4.39 Å². The molecule has 0 atom stereocenters. The van der Waals surface area contributed by atoms with Crippen LogP contribution in [-0.2, 0) is 0 Å². The van der Waals surface area contributed by atoms with Crippen molar-refractivity contribution in [3.8, 4) is 0 Å². The summed E-state index contributed by atoms with van der Waals surface area (Å²) >= 11 is 6.18. The van der Waals surface area contributed by atoms with Gasteiger partial charge in [-0.15, -0.1) is 0 Å². The van der Waals surface area contributed by atoms with Crippen LogP contribution in [0, 0.1) is 12.7 Å². The predicted octanol–water partition coefficient (Wildman–Crippen LogP) is 3.38. The Labute approximate surface area is 126 Å². The summed E-state index contributed by atoms with van der Waals surface area (Å²) in [7, 11) is 0. The molecule has 0 bridgehead atoms. The van der Waals surface area contributed by atoms with Gasteiger partial charge in [-0.2, -0.15) is 19.6 Å². The highest BCUT2D eigenvalue weighted by Crippen LogP contribution is 2.31. The van der Waals surface area contributed by atoms with Gasteiger partial charge in [0.1, 0.15) is 23.1 Å². The molecule has 0 aliphatic rings. The van der Waals surface area contributed by atoms with Gasteiger partial charge in [-0.3, -0.25) is 0 Å². The Morgan fingerprint density at radius 1 is 1.38 bits per heavy atom. The zero-order valence-electron chi connectivity index (χ0n) is 11.6. The van der Waals surface area contributed by atoms with E-state index in [1.807, 2.05) is 24.8 Å². The van der Waals surface area contributed by atoms with Crippen LogP contribution in [0.25, 0.3) is 5.78 Å². The lowest BCUT2D eigenvalue weighted by Crippen LogP contribution is -2.21. The highest BCUT2D eigenvalue weighted by atomic mass is 35.5. The van der Waals surface area contributed by atoms with Crippen molar-refractivity contribution in [2.24, 2.45) is 0 Å². The summed E-state index contributed by atoms with van der Waals surface area (Å²) in [5.74, 6) is 0.852. The van der Waals surface area contributed by atoms with E-state index in [9.17, 15) is 4.39 Å². The van der Waals surface area contributed by atoms with Gasteiger partial charge in [0, 0.05) is 17.8 Å². The van der Waals surface area contributed by atoms with E-state index in [1.165, 1.54) is 18.5 Å². The lowest BCUT2D eigenvalue weighted by atomic mass is 10.2. The lowest BCUT2D eigenvalue weighted by molar-refractivity contribution is 0.627. The first-order valence-electron chi connectivity index (χ1n) is 6.50. The third kappa shape index (κ3) is 2.31. The summed E-state index contributed by atoms with van der Waals surface area (Å²) in [5.41, 5.74) is 1.49. The van der Waals surface area contributed by atoms with Crippen molar-refractivity contribution in [1.82, 2.24) is 19.6 Å². The first-order chi connectivity index (χ1) is 10.1. The van der Waals surface area contributed by atoms with Crippen molar-refractivity contribution in [1.29, 1.82) is 0 Å². The molecule has 0 fully saturated rings. The normalized spacial score (nSPS) is 11.0. The van der Waals surface area contributed by atoms with Crippen molar-refractivity contribution in [2.75, 3.05) is 11.4 Å². The highest BCUT2D eigenvalue weighted by molar-refractivity contribution is 6.30. The molecule has 2 aromatic heterocycles. The van der Waals surface area contributed by atoms with Gasteiger partial charge < -0.3 is 4.90 Å². The number of benzene rings is 1. The Morgan fingerprint density at radius 3 is 2.90 bits per heavy atom. The van der Waals surface area contributed by atoms with E-state index in [0.29, 0.717) is 17.5 Å². The maximum Gasteiger partial charge on any atom is 0.255 e. The largest absolute Gasteiger partial charge is 0.326 e. The quantitative estimate of drug-likeness (QED) is 0.696. The molecule has 3 rings (SSSR count). The average molecular weight is 306 g/mol. The maximum atomic E-state index is 13.5. The van der Waals surface area contributed by atoms with Crippen LogP contribution in [0.1, 0.15) is 12.5 Å². The number of nitrogens with zero attached hydrogens (tertiary/aromatic N) is 5. The number of rotatable bonds is 3. The van der Waals surface area contributed by atoms with Gasteiger partial charge in [-0.1, -0.05) is 17.7 Å². The van der Waals surface area contributed by atoms with Crippen LogP contribution < -0.4 is 4.90 Å². The van der Waals surface area contributed by atoms with Crippen LogP contribution in [-0.4, -0.2) is 26.1 Å². The minimum atomic E-state index is -0.293. The third-order valence-corrected chi connectivity index (χ3v) is 3.63. The van der Waals surface area contributed by atoms with E-state index in [2.05, 4.69) is 15.1 Å². The molecule has 108 valence electrons. The minimum absolute atomic E-state index is 0.293. The summed E-state index contributed by atoms with van der Waals surface area (Å²) in [6, 6.07) is 6.39. The molecule has 7 heteroatoms. The molecule has 1 aromatic carbocycles. The average Bonchev–Trinajstić information content (AvgIpc) is 2.91. The SMILES string of the molecule is CCN(c1cccc(F)c1)c1c(C)c(Cl)nc2ncnn12. The molecule has 0 saturated carbocycles. The second kappa shape index (κ2) is 5.29. The molecule has 0 radical (unpaired) electrons. The monoisotopic (exact) mass is 305 g/mol.